The van der Waals surface area contributed by atoms with E-state index in [4.69, 9.17) is 9.84 Å². The molecule has 0 aliphatic carbocycles. The van der Waals surface area contributed by atoms with Gasteiger partial charge in [-0.3, -0.25) is 4.68 Å². The molecule has 164 valence electrons. The lowest BCUT2D eigenvalue weighted by molar-refractivity contribution is 0.225. The molecule has 1 atom stereocenters. The van der Waals surface area contributed by atoms with Crippen LogP contribution >= 0.6 is 0 Å². The van der Waals surface area contributed by atoms with Crippen LogP contribution in [0.4, 0.5) is 0 Å². The van der Waals surface area contributed by atoms with E-state index >= 15 is 0 Å². The average Bonchev–Trinajstić information content (AvgIpc) is 3.49. The molecule has 2 aromatic heterocycles. The van der Waals surface area contributed by atoms with Gasteiger partial charge in [0.1, 0.15) is 17.7 Å². The minimum atomic E-state index is -3.44. The highest BCUT2D eigenvalue weighted by Crippen LogP contribution is 2.32. The van der Waals surface area contributed by atoms with Crippen LogP contribution in [0.15, 0.2) is 41.6 Å². The van der Waals surface area contributed by atoms with Gasteiger partial charge in [-0.1, -0.05) is 0 Å². The summed E-state index contributed by atoms with van der Waals surface area (Å²) in [5, 5.41) is 19.3. The zero-order valence-electron chi connectivity index (χ0n) is 17.8. The third-order valence-electron chi connectivity index (χ3n) is 5.93. The fraction of sp³-hybridized carbons (Fsp3) is 0.304. The number of hydrogen-bond donors (Lipinski definition) is 2. The second-order valence-electron chi connectivity index (χ2n) is 8.26. The zero-order chi connectivity index (χ0) is 22.5. The van der Waals surface area contributed by atoms with Crippen molar-refractivity contribution in [3.05, 3.63) is 53.3 Å². The van der Waals surface area contributed by atoms with Crippen LogP contribution in [0.5, 0.6) is 5.75 Å². The smallest absolute Gasteiger partial charge is 0.175 e. The highest BCUT2D eigenvalue weighted by Gasteiger charge is 2.22. The first-order chi connectivity index (χ1) is 15.3. The topological polar surface area (TPSA) is 113 Å². The van der Waals surface area contributed by atoms with Gasteiger partial charge in [0.15, 0.2) is 15.6 Å². The molecule has 32 heavy (non-hydrogen) atoms. The van der Waals surface area contributed by atoms with E-state index in [1.165, 1.54) is 6.26 Å². The third-order valence-corrected chi connectivity index (χ3v) is 7.09. The predicted octanol–water partition coefficient (Wildman–Crippen LogP) is 2.89. The van der Waals surface area contributed by atoms with Crippen molar-refractivity contribution in [3.63, 3.8) is 0 Å². The van der Waals surface area contributed by atoms with Crippen LogP contribution in [0.3, 0.4) is 0 Å². The quantitative estimate of drug-likeness (QED) is 0.484. The first-order valence-electron chi connectivity index (χ1n) is 10.4. The molecule has 1 aliphatic rings. The second-order valence-corrected chi connectivity index (χ2v) is 10.2. The Bertz CT molecular complexity index is 1490. The van der Waals surface area contributed by atoms with E-state index in [0.29, 0.717) is 27.3 Å². The predicted molar refractivity (Wildman–Crippen MR) is 122 cm³/mol. The van der Waals surface area contributed by atoms with Gasteiger partial charge in [-0.15, -0.1) is 0 Å². The number of aryl methyl sites for hydroxylation is 1. The Kier molecular flexibility index (Phi) is 4.92. The summed E-state index contributed by atoms with van der Waals surface area (Å²) >= 11 is 0. The molecule has 8 nitrogen and oxygen atoms in total. The summed E-state index contributed by atoms with van der Waals surface area (Å²) in [5.74, 6) is 0.483. The first kappa shape index (κ1) is 20.5. The number of H-pyrrole nitrogens is 1. The van der Waals surface area contributed by atoms with E-state index in [2.05, 4.69) is 16.4 Å². The van der Waals surface area contributed by atoms with E-state index in [1.54, 1.807) is 16.8 Å². The number of sulfone groups is 1. The van der Waals surface area contributed by atoms with E-state index < -0.39 is 9.84 Å². The van der Waals surface area contributed by atoms with Crippen molar-refractivity contribution in [2.75, 3.05) is 19.3 Å². The molecule has 2 aromatic carbocycles. The van der Waals surface area contributed by atoms with Crippen LogP contribution in [0.1, 0.15) is 23.1 Å². The molecule has 3 heterocycles. The van der Waals surface area contributed by atoms with Gasteiger partial charge in [-0.2, -0.15) is 10.4 Å². The maximum absolute atomic E-state index is 12.6. The van der Waals surface area contributed by atoms with Crippen LogP contribution < -0.4 is 10.1 Å². The van der Waals surface area contributed by atoms with Crippen molar-refractivity contribution < 1.29 is 13.2 Å². The number of fused-ring (bicyclic) bond motifs is 2. The lowest BCUT2D eigenvalue weighted by Gasteiger charge is -2.14. The Morgan fingerprint density at radius 1 is 1.34 bits per heavy atom. The van der Waals surface area contributed by atoms with Crippen molar-refractivity contribution in [2.45, 2.75) is 30.9 Å². The molecule has 1 saturated heterocycles. The molecule has 1 aliphatic heterocycles. The summed E-state index contributed by atoms with van der Waals surface area (Å²) in [7, 11) is -3.44. The second kappa shape index (κ2) is 7.65. The van der Waals surface area contributed by atoms with Gasteiger partial charge in [0.25, 0.3) is 0 Å². The maximum Gasteiger partial charge on any atom is 0.175 e. The van der Waals surface area contributed by atoms with Crippen LogP contribution in [0.25, 0.3) is 21.8 Å². The summed E-state index contributed by atoms with van der Waals surface area (Å²) in [4.78, 5) is 3.50. The fourth-order valence-corrected chi connectivity index (χ4v) is 5.40. The molecule has 0 spiro atoms. The van der Waals surface area contributed by atoms with Gasteiger partial charge in [0.2, 0.25) is 0 Å². The van der Waals surface area contributed by atoms with E-state index in [-0.39, 0.29) is 12.6 Å². The van der Waals surface area contributed by atoms with Crippen molar-refractivity contribution in [1.29, 1.82) is 5.26 Å². The fourth-order valence-electron chi connectivity index (χ4n) is 4.39. The van der Waals surface area contributed by atoms with Gasteiger partial charge >= 0.3 is 0 Å². The lowest BCUT2D eigenvalue weighted by Crippen LogP contribution is -2.20. The Morgan fingerprint density at radius 2 is 2.19 bits per heavy atom. The minimum absolute atomic E-state index is 0.00809. The number of nitriles is 1. The molecule has 1 fully saturated rings. The maximum atomic E-state index is 12.6. The molecule has 0 bridgehead atoms. The largest absolute Gasteiger partial charge is 0.485 e. The van der Waals surface area contributed by atoms with Gasteiger partial charge < -0.3 is 15.0 Å². The van der Waals surface area contributed by atoms with Gasteiger partial charge in [-0.25, -0.2) is 8.42 Å². The number of aromatic amines is 1. The molecular formula is C23H23N5O3S. The Morgan fingerprint density at radius 3 is 2.91 bits per heavy atom. The van der Waals surface area contributed by atoms with Crippen molar-refractivity contribution in [2.24, 2.45) is 0 Å². The summed E-state index contributed by atoms with van der Waals surface area (Å²) < 4.78 is 33.0. The lowest BCUT2D eigenvalue weighted by atomic mass is 10.1. The first-order valence-corrected chi connectivity index (χ1v) is 12.3. The van der Waals surface area contributed by atoms with Gasteiger partial charge in [0, 0.05) is 47.0 Å². The number of hydrogen-bond acceptors (Lipinski definition) is 6. The summed E-state index contributed by atoms with van der Waals surface area (Å²) in [6, 6.07) is 9.39. The Balaban J connectivity index is 1.63. The monoisotopic (exact) mass is 449 g/mol. The molecule has 0 radical (unpaired) electrons. The number of rotatable bonds is 5. The van der Waals surface area contributed by atoms with Gasteiger partial charge in [-0.05, 0) is 49.7 Å². The summed E-state index contributed by atoms with van der Waals surface area (Å²) in [6.07, 6.45) is 5.76. The normalized spacial score (nSPS) is 16.6. The Hall–Kier alpha value is -3.35. The zero-order valence-corrected chi connectivity index (χ0v) is 18.7. The van der Waals surface area contributed by atoms with Crippen LogP contribution in [0.2, 0.25) is 0 Å². The average molecular weight is 450 g/mol. The number of ether oxygens (including phenoxy) is 1. The molecule has 1 unspecified atom stereocenters. The van der Waals surface area contributed by atoms with Crippen molar-refractivity contribution >= 4 is 31.6 Å². The van der Waals surface area contributed by atoms with Crippen molar-refractivity contribution in [3.8, 4) is 11.8 Å². The standard InChI is InChI=1S/C23H23N5O3S/c1-14-9-20(32(2,29)30)19(18-6-8-26-21(14)18)13-28-12-16-4-3-15(10-24)23(22(16)27-28)31-17-5-7-25-11-17/h3-4,6,8-9,12,17,25-26H,5,7,11,13H2,1-2H3. The number of nitrogens with zero attached hydrogens (tertiary/aromatic N) is 3. The van der Waals surface area contributed by atoms with Crippen LogP contribution in [0, 0.1) is 18.3 Å². The van der Waals surface area contributed by atoms with Crippen LogP contribution in [-0.2, 0) is 16.4 Å². The molecule has 5 rings (SSSR count). The van der Waals surface area contributed by atoms with Crippen LogP contribution in [-0.4, -0.2) is 48.6 Å². The van der Waals surface area contributed by atoms with Crippen molar-refractivity contribution in [1.82, 2.24) is 20.1 Å². The van der Waals surface area contributed by atoms with Gasteiger partial charge in [0.05, 0.1) is 17.0 Å². The highest BCUT2D eigenvalue weighted by molar-refractivity contribution is 7.90. The van der Waals surface area contributed by atoms with E-state index in [9.17, 15) is 13.7 Å². The molecule has 9 heteroatoms. The number of aromatic nitrogens is 3. The molecule has 0 saturated carbocycles. The number of nitrogens with one attached hydrogen (secondary N) is 2. The SMILES string of the molecule is Cc1cc(S(C)(=O)=O)c(Cn2cc3ccc(C#N)c(OC4CCNC4)c3n2)c2cc[nH]c12. The van der Waals surface area contributed by atoms with E-state index in [1.807, 2.05) is 31.5 Å². The molecule has 2 N–H and O–H groups in total. The third kappa shape index (κ3) is 3.51. The molecular weight excluding hydrogens is 426 g/mol. The highest BCUT2D eigenvalue weighted by atomic mass is 32.2. The molecule has 4 aromatic rings. The summed E-state index contributed by atoms with van der Waals surface area (Å²) in [5.41, 5.74) is 3.52. The minimum Gasteiger partial charge on any atom is -0.485 e. The molecule has 0 amide bonds. The Labute approximate surface area is 185 Å². The summed E-state index contributed by atoms with van der Waals surface area (Å²) in [6.45, 7) is 3.78. The number of benzene rings is 2. The van der Waals surface area contributed by atoms with E-state index in [0.717, 1.165) is 41.4 Å².